The van der Waals surface area contributed by atoms with E-state index in [9.17, 15) is 4.79 Å². The van der Waals surface area contributed by atoms with Crippen molar-refractivity contribution in [2.45, 2.75) is 12.3 Å². The third-order valence-corrected chi connectivity index (χ3v) is 5.99. The summed E-state index contributed by atoms with van der Waals surface area (Å²) in [4.78, 5) is 12.2. The summed E-state index contributed by atoms with van der Waals surface area (Å²) in [5.41, 5.74) is 11.7. The number of hydrogen-bond donors (Lipinski definition) is 2. The first-order chi connectivity index (χ1) is 15.0. The maximum absolute atomic E-state index is 12.2. The molecule has 0 aromatic heterocycles. The predicted molar refractivity (Wildman–Crippen MR) is 128 cm³/mol. The van der Waals surface area contributed by atoms with Crippen molar-refractivity contribution in [3.05, 3.63) is 93.5 Å². The average molecular weight is 453 g/mol. The number of halogens is 2. The van der Waals surface area contributed by atoms with Gasteiger partial charge in [0, 0.05) is 17.5 Å². The van der Waals surface area contributed by atoms with Crippen molar-refractivity contribution in [2.24, 2.45) is 0 Å². The minimum atomic E-state index is -0.427. The standard InChI is InChI=1S/C25H22Cl2N2O2/c26-22-14-24(28)23(27)13-16(22)7-5-6-12-29-25(30)31-15-21-19-10-3-1-8-17(19)18-9-2-4-11-20(18)21/h1-5,7-11,13-14,21H,6,12,15,28H2,(H,29,30). The third-order valence-electron chi connectivity index (χ3n) is 5.34. The molecular weight excluding hydrogens is 431 g/mol. The summed E-state index contributed by atoms with van der Waals surface area (Å²) in [7, 11) is 0. The zero-order valence-electron chi connectivity index (χ0n) is 16.8. The monoisotopic (exact) mass is 452 g/mol. The first kappa shape index (κ1) is 21.3. The minimum absolute atomic E-state index is 0.0513. The number of carbonyl (C=O) groups is 1. The smallest absolute Gasteiger partial charge is 0.407 e. The Hall–Kier alpha value is -2.95. The SMILES string of the molecule is Nc1cc(Cl)c(C=CCCNC(=O)OCC2c3ccccc3-c3ccccc32)cc1Cl. The molecule has 0 unspecified atom stereocenters. The molecule has 158 valence electrons. The number of anilines is 1. The van der Waals surface area contributed by atoms with E-state index in [-0.39, 0.29) is 5.92 Å². The van der Waals surface area contributed by atoms with Crippen LogP contribution in [0.5, 0.6) is 0 Å². The van der Waals surface area contributed by atoms with Crippen LogP contribution in [-0.4, -0.2) is 19.2 Å². The van der Waals surface area contributed by atoms with Gasteiger partial charge in [-0.2, -0.15) is 0 Å². The lowest BCUT2D eigenvalue weighted by Gasteiger charge is -2.14. The van der Waals surface area contributed by atoms with Gasteiger partial charge in [-0.3, -0.25) is 0 Å². The van der Waals surface area contributed by atoms with E-state index in [4.69, 9.17) is 33.7 Å². The Morgan fingerprint density at radius 3 is 2.32 bits per heavy atom. The van der Waals surface area contributed by atoms with Gasteiger partial charge in [0.1, 0.15) is 6.61 Å². The van der Waals surface area contributed by atoms with Gasteiger partial charge < -0.3 is 15.8 Å². The number of rotatable bonds is 6. The highest BCUT2D eigenvalue weighted by Gasteiger charge is 2.28. The Morgan fingerprint density at radius 1 is 1.00 bits per heavy atom. The molecule has 0 spiro atoms. The van der Waals surface area contributed by atoms with Crippen molar-refractivity contribution in [3.63, 3.8) is 0 Å². The van der Waals surface area contributed by atoms with Crippen LogP contribution in [-0.2, 0) is 4.74 Å². The van der Waals surface area contributed by atoms with Crippen LogP contribution in [0.3, 0.4) is 0 Å². The Labute approximate surface area is 191 Å². The molecule has 4 rings (SSSR count). The molecule has 0 saturated heterocycles. The number of nitrogens with two attached hydrogens (primary N) is 1. The van der Waals surface area contributed by atoms with Gasteiger partial charge in [-0.05, 0) is 46.4 Å². The van der Waals surface area contributed by atoms with Crippen LogP contribution in [0, 0.1) is 0 Å². The van der Waals surface area contributed by atoms with Crippen LogP contribution < -0.4 is 11.1 Å². The van der Waals surface area contributed by atoms with Gasteiger partial charge in [-0.1, -0.05) is 83.9 Å². The zero-order chi connectivity index (χ0) is 21.8. The summed E-state index contributed by atoms with van der Waals surface area (Å²) in [5, 5.41) is 3.77. The molecule has 3 aromatic rings. The van der Waals surface area contributed by atoms with E-state index < -0.39 is 6.09 Å². The molecule has 0 heterocycles. The lowest BCUT2D eigenvalue weighted by atomic mass is 9.98. The number of amides is 1. The van der Waals surface area contributed by atoms with Crippen molar-refractivity contribution in [1.82, 2.24) is 5.32 Å². The lowest BCUT2D eigenvalue weighted by molar-refractivity contribution is 0.143. The molecule has 0 saturated carbocycles. The summed E-state index contributed by atoms with van der Waals surface area (Å²) < 4.78 is 5.53. The molecule has 6 heteroatoms. The maximum atomic E-state index is 12.2. The maximum Gasteiger partial charge on any atom is 0.407 e. The van der Waals surface area contributed by atoms with Crippen molar-refractivity contribution in [3.8, 4) is 11.1 Å². The minimum Gasteiger partial charge on any atom is -0.449 e. The van der Waals surface area contributed by atoms with Gasteiger partial charge in [0.25, 0.3) is 0 Å². The van der Waals surface area contributed by atoms with E-state index >= 15 is 0 Å². The Kier molecular flexibility index (Phi) is 6.50. The fourth-order valence-electron chi connectivity index (χ4n) is 3.82. The molecule has 31 heavy (non-hydrogen) atoms. The van der Waals surface area contributed by atoms with E-state index in [1.54, 1.807) is 12.1 Å². The van der Waals surface area contributed by atoms with Crippen LogP contribution in [0.15, 0.2) is 66.7 Å². The topological polar surface area (TPSA) is 64.3 Å². The highest BCUT2D eigenvalue weighted by atomic mass is 35.5. The number of ether oxygens (including phenoxy) is 1. The molecule has 1 aliphatic carbocycles. The molecule has 3 N–H and O–H groups in total. The largest absolute Gasteiger partial charge is 0.449 e. The summed E-state index contributed by atoms with van der Waals surface area (Å²) in [6, 6.07) is 19.9. The highest BCUT2D eigenvalue weighted by molar-refractivity contribution is 6.36. The average Bonchev–Trinajstić information content (AvgIpc) is 3.09. The van der Waals surface area contributed by atoms with E-state index in [0.29, 0.717) is 35.3 Å². The van der Waals surface area contributed by atoms with E-state index in [2.05, 4.69) is 29.6 Å². The number of benzene rings is 3. The molecule has 0 atom stereocenters. The fourth-order valence-corrected chi connectivity index (χ4v) is 4.23. The molecule has 0 fully saturated rings. The lowest BCUT2D eigenvalue weighted by Crippen LogP contribution is -2.26. The van der Waals surface area contributed by atoms with Crippen LogP contribution >= 0.6 is 23.2 Å². The molecule has 1 amide bonds. The third kappa shape index (κ3) is 4.71. The van der Waals surface area contributed by atoms with Crippen molar-refractivity contribution >= 4 is 41.1 Å². The van der Waals surface area contributed by atoms with Gasteiger partial charge >= 0.3 is 6.09 Å². The molecule has 1 aliphatic rings. The quantitative estimate of drug-likeness (QED) is 0.330. The number of nitrogen functional groups attached to an aromatic ring is 1. The molecular formula is C25H22Cl2N2O2. The number of fused-ring (bicyclic) bond motifs is 3. The van der Waals surface area contributed by atoms with E-state index in [0.717, 1.165) is 5.56 Å². The van der Waals surface area contributed by atoms with Crippen LogP contribution in [0.4, 0.5) is 10.5 Å². The van der Waals surface area contributed by atoms with Gasteiger partial charge in [0.15, 0.2) is 0 Å². The molecule has 0 aliphatic heterocycles. The zero-order valence-corrected chi connectivity index (χ0v) is 18.3. The second-order valence-corrected chi connectivity index (χ2v) is 8.15. The fraction of sp³-hybridized carbons (Fsp3) is 0.160. The normalized spacial score (nSPS) is 12.6. The molecule has 0 radical (unpaired) electrons. The van der Waals surface area contributed by atoms with Gasteiger partial charge in [0.05, 0.1) is 10.7 Å². The highest BCUT2D eigenvalue weighted by Crippen LogP contribution is 2.44. The van der Waals surface area contributed by atoms with Crippen molar-refractivity contribution in [2.75, 3.05) is 18.9 Å². The molecule has 4 nitrogen and oxygen atoms in total. The van der Waals surface area contributed by atoms with E-state index in [1.165, 1.54) is 22.3 Å². The van der Waals surface area contributed by atoms with Crippen LogP contribution in [0.25, 0.3) is 17.2 Å². The van der Waals surface area contributed by atoms with Crippen LogP contribution in [0.1, 0.15) is 29.0 Å². The second kappa shape index (κ2) is 9.46. The number of carbonyl (C=O) groups excluding carboxylic acids is 1. The first-order valence-electron chi connectivity index (χ1n) is 10.0. The van der Waals surface area contributed by atoms with E-state index in [1.807, 2.05) is 36.4 Å². The Balaban J connectivity index is 1.28. The summed E-state index contributed by atoms with van der Waals surface area (Å²) in [6.45, 7) is 0.753. The van der Waals surface area contributed by atoms with Crippen molar-refractivity contribution in [1.29, 1.82) is 0 Å². The predicted octanol–water partition coefficient (Wildman–Crippen LogP) is 6.52. The second-order valence-electron chi connectivity index (χ2n) is 7.34. The Morgan fingerprint density at radius 2 is 1.65 bits per heavy atom. The Bertz CT molecular complexity index is 1100. The molecule has 0 bridgehead atoms. The van der Waals surface area contributed by atoms with Gasteiger partial charge in [-0.15, -0.1) is 0 Å². The number of nitrogens with one attached hydrogen (secondary N) is 1. The number of alkyl carbamates (subject to hydrolysis) is 1. The van der Waals surface area contributed by atoms with Gasteiger partial charge in [-0.25, -0.2) is 4.79 Å². The van der Waals surface area contributed by atoms with Gasteiger partial charge in [0.2, 0.25) is 0 Å². The number of hydrogen-bond acceptors (Lipinski definition) is 3. The van der Waals surface area contributed by atoms with Crippen molar-refractivity contribution < 1.29 is 9.53 Å². The van der Waals surface area contributed by atoms with Crippen LogP contribution in [0.2, 0.25) is 10.0 Å². The summed E-state index contributed by atoms with van der Waals surface area (Å²) >= 11 is 12.2. The summed E-state index contributed by atoms with van der Waals surface area (Å²) in [6.07, 6.45) is 3.97. The molecule has 3 aromatic carbocycles. The first-order valence-corrected chi connectivity index (χ1v) is 10.8. The summed E-state index contributed by atoms with van der Waals surface area (Å²) in [5.74, 6) is 0.0513.